The first-order valence-corrected chi connectivity index (χ1v) is 7.76. The van der Waals surface area contributed by atoms with Gasteiger partial charge in [0.2, 0.25) is 5.89 Å². The summed E-state index contributed by atoms with van der Waals surface area (Å²) in [4.78, 5) is 6.82. The zero-order valence-electron chi connectivity index (χ0n) is 12.3. The molecular formula is C16H23N3O2. The number of hydrogen-bond acceptors (Lipinski definition) is 5. The zero-order valence-corrected chi connectivity index (χ0v) is 12.3. The average molecular weight is 289 g/mol. The molecule has 0 bridgehead atoms. The molecule has 0 atom stereocenters. The van der Waals surface area contributed by atoms with Gasteiger partial charge in [0.05, 0.1) is 13.2 Å². The standard InChI is InChI=1S/C16H23N3O2/c17-12-6-7-15-14(10-12)18-16(21-15)11-19(8-9-20)13-4-2-1-3-5-13/h6-7,10,13,20H,1-5,8-9,11,17H2. The fraction of sp³-hybridized carbons (Fsp3) is 0.562. The van der Waals surface area contributed by atoms with Crippen molar-refractivity contribution in [2.45, 2.75) is 44.7 Å². The molecule has 0 spiro atoms. The molecule has 0 amide bonds. The third-order valence-electron chi connectivity index (χ3n) is 4.27. The second-order valence-corrected chi connectivity index (χ2v) is 5.82. The van der Waals surface area contributed by atoms with Crippen LogP contribution in [0.3, 0.4) is 0 Å². The van der Waals surface area contributed by atoms with Crippen LogP contribution >= 0.6 is 0 Å². The van der Waals surface area contributed by atoms with E-state index >= 15 is 0 Å². The third-order valence-corrected chi connectivity index (χ3v) is 4.27. The van der Waals surface area contributed by atoms with Crippen LogP contribution in [-0.2, 0) is 6.54 Å². The second kappa shape index (κ2) is 6.45. The van der Waals surface area contributed by atoms with Gasteiger partial charge in [-0.25, -0.2) is 4.98 Å². The van der Waals surface area contributed by atoms with Crippen molar-refractivity contribution in [2.75, 3.05) is 18.9 Å². The van der Waals surface area contributed by atoms with Gasteiger partial charge < -0.3 is 15.3 Å². The molecular weight excluding hydrogens is 266 g/mol. The number of aliphatic hydroxyl groups is 1. The summed E-state index contributed by atoms with van der Waals surface area (Å²) in [5.41, 5.74) is 8.04. The highest BCUT2D eigenvalue weighted by Crippen LogP contribution is 2.25. The van der Waals surface area contributed by atoms with Crippen LogP contribution in [0.1, 0.15) is 38.0 Å². The summed E-state index contributed by atoms with van der Waals surface area (Å²) in [5.74, 6) is 0.703. The fourth-order valence-electron chi connectivity index (χ4n) is 3.20. The first kappa shape index (κ1) is 14.4. The van der Waals surface area contributed by atoms with Gasteiger partial charge in [0.15, 0.2) is 5.58 Å². The van der Waals surface area contributed by atoms with Crippen LogP contribution < -0.4 is 5.73 Å². The van der Waals surface area contributed by atoms with Crippen LogP contribution in [-0.4, -0.2) is 34.2 Å². The molecule has 5 heteroatoms. The van der Waals surface area contributed by atoms with Gasteiger partial charge in [-0.1, -0.05) is 19.3 Å². The molecule has 21 heavy (non-hydrogen) atoms. The van der Waals surface area contributed by atoms with Crippen molar-refractivity contribution < 1.29 is 9.52 Å². The Hall–Kier alpha value is -1.59. The molecule has 1 heterocycles. The number of fused-ring (bicyclic) bond motifs is 1. The molecule has 1 saturated carbocycles. The summed E-state index contributed by atoms with van der Waals surface area (Å²) in [7, 11) is 0. The Labute approximate surface area is 124 Å². The molecule has 3 rings (SSSR count). The summed E-state index contributed by atoms with van der Waals surface area (Å²) >= 11 is 0. The lowest BCUT2D eigenvalue weighted by Crippen LogP contribution is -2.38. The smallest absolute Gasteiger partial charge is 0.209 e. The van der Waals surface area contributed by atoms with E-state index < -0.39 is 0 Å². The van der Waals surface area contributed by atoms with Crippen LogP contribution in [0.5, 0.6) is 0 Å². The predicted molar refractivity (Wildman–Crippen MR) is 82.8 cm³/mol. The number of oxazole rings is 1. The Bertz CT molecular complexity index is 590. The van der Waals surface area contributed by atoms with Gasteiger partial charge in [-0.3, -0.25) is 4.90 Å². The SMILES string of the molecule is Nc1ccc2oc(CN(CCO)C3CCCCC3)nc2c1. The van der Waals surface area contributed by atoms with Gasteiger partial charge in [0, 0.05) is 18.3 Å². The summed E-state index contributed by atoms with van der Waals surface area (Å²) in [5, 5.41) is 9.31. The number of aromatic nitrogens is 1. The Morgan fingerprint density at radius 3 is 2.86 bits per heavy atom. The molecule has 0 radical (unpaired) electrons. The van der Waals surface area contributed by atoms with Crippen molar-refractivity contribution in [1.82, 2.24) is 9.88 Å². The lowest BCUT2D eigenvalue weighted by atomic mass is 9.94. The van der Waals surface area contributed by atoms with E-state index in [1.54, 1.807) is 0 Å². The first-order chi connectivity index (χ1) is 10.3. The third kappa shape index (κ3) is 3.36. The van der Waals surface area contributed by atoms with Gasteiger partial charge in [-0.05, 0) is 31.0 Å². The van der Waals surface area contributed by atoms with Crippen LogP contribution in [0.25, 0.3) is 11.1 Å². The number of anilines is 1. The van der Waals surface area contributed by atoms with Gasteiger partial charge in [0.1, 0.15) is 5.52 Å². The minimum absolute atomic E-state index is 0.170. The number of aliphatic hydroxyl groups excluding tert-OH is 1. The van der Waals surface area contributed by atoms with E-state index in [0.29, 0.717) is 30.7 Å². The Kier molecular flexibility index (Phi) is 4.41. The normalized spacial score (nSPS) is 16.9. The quantitative estimate of drug-likeness (QED) is 0.827. The zero-order chi connectivity index (χ0) is 14.7. The molecule has 1 aliphatic carbocycles. The van der Waals surface area contributed by atoms with E-state index in [1.165, 1.54) is 32.1 Å². The van der Waals surface area contributed by atoms with Crippen LogP contribution in [0.2, 0.25) is 0 Å². The van der Waals surface area contributed by atoms with Crippen molar-refractivity contribution in [3.05, 3.63) is 24.1 Å². The van der Waals surface area contributed by atoms with E-state index in [-0.39, 0.29) is 6.61 Å². The highest BCUT2D eigenvalue weighted by Gasteiger charge is 2.22. The van der Waals surface area contributed by atoms with Crippen LogP contribution in [0.4, 0.5) is 5.69 Å². The molecule has 2 aromatic rings. The minimum Gasteiger partial charge on any atom is -0.439 e. The molecule has 1 fully saturated rings. The van der Waals surface area contributed by atoms with Gasteiger partial charge in [-0.2, -0.15) is 0 Å². The number of nitrogen functional groups attached to an aromatic ring is 1. The topological polar surface area (TPSA) is 75.5 Å². The van der Waals surface area contributed by atoms with E-state index in [4.69, 9.17) is 10.2 Å². The number of rotatable bonds is 5. The van der Waals surface area contributed by atoms with E-state index in [9.17, 15) is 5.11 Å². The number of nitrogens with zero attached hydrogens (tertiary/aromatic N) is 2. The second-order valence-electron chi connectivity index (χ2n) is 5.82. The molecule has 114 valence electrons. The Morgan fingerprint density at radius 2 is 2.10 bits per heavy atom. The highest BCUT2D eigenvalue weighted by molar-refractivity contribution is 5.76. The maximum absolute atomic E-state index is 9.31. The van der Waals surface area contributed by atoms with Gasteiger partial charge in [-0.15, -0.1) is 0 Å². The van der Waals surface area contributed by atoms with E-state index in [0.717, 1.165) is 11.1 Å². The highest BCUT2D eigenvalue weighted by atomic mass is 16.3. The predicted octanol–water partition coefficient (Wildman–Crippen LogP) is 2.54. The van der Waals surface area contributed by atoms with Crippen molar-refractivity contribution >= 4 is 16.8 Å². The summed E-state index contributed by atoms with van der Waals surface area (Å²) < 4.78 is 5.80. The van der Waals surface area contributed by atoms with E-state index in [1.807, 2.05) is 18.2 Å². The Balaban J connectivity index is 1.76. The molecule has 3 N–H and O–H groups in total. The summed E-state index contributed by atoms with van der Waals surface area (Å²) in [6, 6.07) is 6.05. The molecule has 0 saturated heterocycles. The van der Waals surface area contributed by atoms with Gasteiger partial charge >= 0.3 is 0 Å². The summed E-state index contributed by atoms with van der Waals surface area (Å²) in [6.07, 6.45) is 6.28. The Morgan fingerprint density at radius 1 is 1.29 bits per heavy atom. The molecule has 1 aromatic carbocycles. The first-order valence-electron chi connectivity index (χ1n) is 7.76. The van der Waals surface area contributed by atoms with Crippen molar-refractivity contribution in [3.63, 3.8) is 0 Å². The van der Waals surface area contributed by atoms with Crippen LogP contribution in [0.15, 0.2) is 22.6 Å². The minimum atomic E-state index is 0.170. The van der Waals surface area contributed by atoms with Crippen molar-refractivity contribution in [1.29, 1.82) is 0 Å². The maximum Gasteiger partial charge on any atom is 0.209 e. The molecule has 1 aromatic heterocycles. The number of hydrogen-bond donors (Lipinski definition) is 2. The largest absolute Gasteiger partial charge is 0.439 e. The average Bonchev–Trinajstić information content (AvgIpc) is 2.89. The van der Waals surface area contributed by atoms with Crippen molar-refractivity contribution in [3.8, 4) is 0 Å². The fourth-order valence-corrected chi connectivity index (χ4v) is 3.20. The lowest BCUT2D eigenvalue weighted by Gasteiger charge is -2.32. The molecule has 1 aliphatic rings. The lowest BCUT2D eigenvalue weighted by molar-refractivity contribution is 0.108. The van der Waals surface area contributed by atoms with E-state index in [2.05, 4.69) is 9.88 Å². The monoisotopic (exact) mass is 289 g/mol. The van der Waals surface area contributed by atoms with Gasteiger partial charge in [0.25, 0.3) is 0 Å². The van der Waals surface area contributed by atoms with Crippen molar-refractivity contribution in [2.24, 2.45) is 0 Å². The van der Waals surface area contributed by atoms with Crippen LogP contribution in [0, 0.1) is 0 Å². The molecule has 0 unspecified atom stereocenters. The summed E-state index contributed by atoms with van der Waals surface area (Å²) in [6.45, 7) is 1.50. The molecule has 5 nitrogen and oxygen atoms in total. The number of nitrogens with two attached hydrogens (primary N) is 1. The molecule has 0 aliphatic heterocycles. The maximum atomic E-state index is 9.31. The number of benzene rings is 1.